The lowest BCUT2D eigenvalue weighted by molar-refractivity contribution is 0.322. The van der Waals surface area contributed by atoms with E-state index in [0.29, 0.717) is 23.1 Å². The summed E-state index contributed by atoms with van der Waals surface area (Å²) in [5.41, 5.74) is 2.06. The molecule has 2 heterocycles. The number of rotatable bonds is 5. The normalized spacial score (nSPS) is 18.8. The average molecular weight is 301 g/mol. The Morgan fingerprint density at radius 3 is 3.00 bits per heavy atom. The second-order valence-corrected chi connectivity index (χ2v) is 5.80. The van der Waals surface area contributed by atoms with Crippen molar-refractivity contribution in [1.82, 2.24) is 9.97 Å². The van der Waals surface area contributed by atoms with Gasteiger partial charge in [-0.1, -0.05) is 18.3 Å². The van der Waals surface area contributed by atoms with E-state index in [1.807, 2.05) is 6.92 Å². The molecular formula is C14H15N5OS. The summed E-state index contributed by atoms with van der Waals surface area (Å²) in [5, 5.41) is 17.2. The van der Waals surface area contributed by atoms with Crippen LogP contribution in [0.25, 0.3) is 0 Å². The van der Waals surface area contributed by atoms with Crippen LogP contribution in [0.15, 0.2) is 29.4 Å². The van der Waals surface area contributed by atoms with Crippen LogP contribution >= 0.6 is 11.8 Å². The molecular weight excluding hydrogens is 286 g/mol. The standard InChI is InChI=1S/C14H15N5OS/c1-8(2)7-20-14-17-5-4-11(19-14)10(6-15)13-18-9(3)12(16)21-13/h4-5,10,13,16H,1,7H2,2-3H3. The van der Waals surface area contributed by atoms with Crippen LogP contribution in [0, 0.1) is 16.7 Å². The summed E-state index contributed by atoms with van der Waals surface area (Å²) in [6.45, 7) is 7.70. The Kier molecular flexibility index (Phi) is 4.70. The third-order valence-corrected chi connectivity index (χ3v) is 3.88. The minimum absolute atomic E-state index is 0.217. The summed E-state index contributed by atoms with van der Waals surface area (Å²) in [6, 6.07) is 4.10. The highest BCUT2D eigenvalue weighted by Crippen LogP contribution is 2.33. The van der Waals surface area contributed by atoms with E-state index in [4.69, 9.17) is 10.1 Å². The fraction of sp³-hybridized carbons (Fsp3) is 0.357. The Balaban J connectivity index is 2.19. The number of aromatic nitrogens is 2. The van der Waals surface area contributed by atoms with Crippen molar-refractivity contribution >= 4 is 22.5 Å². The maximum atomic E-state index is 9.40. The molecule has 0 amide bonds. The van der Waals surface area contributed by atoms with Gasteiger partial charge >= 0.3 is 6.01 Å². The smallest absolute Gasteiger partial charge is 0.316 e. The molecule has 108 valence electrons. The second kappa shape index (κ2) is 6.50. The lowest BCUT2D eigenvalue weighted by Gasteiger charge is -2.13. The molecule has 1 aliphatic rings. The van der Waals surface area contributed by atoms with Crippen molar-refractivity contribution in [3.05, 3.63) is 30.1 Å². The number of nitrogens with zero attached hydrogens (tertiary/aromatic N) is 4. The molecule has 2 rings (SSSR count). The first-order valence-corrected chi connectivity index (χ1v) is 7.19. The molecule has 6 nitrogen and oxygen atoms in total. The van der Waals surface area contributed by atoms with Gasteiger partial charge in [-0.15, -0.1) is 0 Å². The van der Waals surface area contributed by atoms with Crippen LogP contribution in [0.2, 0.25) is 0 Å². The van der Waals surface area contributed by atoms with Gasteiger partial charge in [0.1, 0.15) is 22.9 Å². The van der Waals surface area contributed by atoms with Crippen molar-refractivity contribution in [1.29, 1.82) is 10.7 Å². The molecule has 0 saturated heterocycles. The molecule has 0 bridgehead atoms. The molecule has 0 aromatic carbocycles. The molecule has 0 aliphatic carbocycles. The van der Waals surface area contributed by atoms with E-state index in [0.717, 1.165) is 5.57 Å². The zero-order chi connectivity index (χ0) is 15.4. The predicted octanol–water partition coefficient (Wildman–Crippen LogP) is 2.55. The van der Waals surface area contributed by atoms with Crippen molar-refractivity contribution in [3.63, 3.8) is 0 Å². The van der Waals surface area contributed by atoms with Crippen LogP contribution in [0.3, 0.4) is 0 Å². The number of nitrogens with one attached hydrogen (secondary N) is 1. The Labute approximate surface area is 127 Å². The highest BCUT2D eigenvalue weighted by Gasteiger charge is 2.31. The summed E-state index contributed by atoms with van der Waals surface area (Å²) < 4.78 is 5.39. The fourth-order valence-electron chi connectivity index (χ4n) is 1.68. The maximum absolute atomic E-state index is 9.40. The molecule has 7 heteroatoms. The van der Waals surface area contributed by atoms with E-state index in [1.54, 1.807) is 19.2 Å². The highest BCUT2D eigenvalue weighted by atomic mass is 32.2. The van der Waals surface area contributed by atoms with Crippen molar-refractivity contribution in [2.45, 2.75) is 25.1 Å². The lowest BCUT2D eigenvalue weighted by Crippen LogP contribution is -2.13. The number of thioether (sulfide) groups is 1. The first kappa shape index (κ1) is 15.2. The summed E-state index contributed by atoms with van der Waals surface area (Å²) in [6.07, 6.45) is 1.56. The third-order valence-electron chi connectivity index (χ3n) is 2.73. The van der Waals surface area contributed by atoms with Crippen LogP contribution in [0.4, 0.5) is 0 Å². The molecule has 2 atom stereocenters. The number of hydrogen-bond acceptors (Lipinski definition) is 7. The zero-order valence-corrected chi connectivity index (χ0v) is 12.6. The van der Waals surface area contributed by atoms with Gasteiger partial charge in [-0.3, -0.25) is 10.4 Å². The highest BCUT2D eigenvalue weighted by molar-refractivity contribution is 8.16. The first-order valence-electron chi connectivity index (χ1n) is 6.31. The van der Waals surface area contributed by atoms with Crippen molar-refractivity contribution in [2.24, 2.45) is 4.99 Å². The van der Waals surface area contributed by atoms with Crippen molar-refractivity contribution in [2.75, 3.05) is 6.61 Å². The quantitative estimate of drug-likeness (QED) is 0.843. The van der Waals surface area contributed by atoms with Crippen LogP contribution in [0.5, 0.6) is 6.01 Å². The molecule has 0 saturated carbocycles. The van der Waals surface area contributed by atoms with E-state index in [-0.39, 0.29) is 11.4 Å². The van der Waals surface area contributed by atoms with E-state index < -0.39 is 5.92 Å². The summed E-state index contributed by atoms with van der Waals surface area (Å²) in [4.78, 5) is 12.6. The monoisotopic (exact) mass is 301 g/mol. The molecule has 21 heavy (non-hydrogen) atoms. The van der Waals surface area contributed by atoms with E-state index >= 15 is 0 Å². The first-order chi connectivity index (χ1) is 10.0. The predicted molar refractivity (Wildman–Crippen MR) is 82.9 cm³/mol. The minimum atomic E-state index is -0.539. The van der Waals surface area contributed by atoms with Gasteiger partial charge < -0.3 is 4.74 Å². The van der Waals surface area contributed by atoms with Crippen LogP contribution < -0.4 is 4.74 Å². The molecule has 2 unspecified atom stereocenters. The molecule has 1 aliphatic heterocycles. The van der Waals surface area contributed by atoms with E-state index in [2.05, 4.69) is 27.6 Å². The zero-order valence-electron chi connectivity index (χ0n) is 11.8. The molecule has 1 aromatic rings. The van der Waals surface area contributed by atoms with Gasteiger partial charge in [-0.25, -0.2) is 4.98 Å². The van der Waals surface area contributed by atoms with Crippen molar-refractivity contribution in [3.8, 4) is 12.1 Å². The Bertz CT molecular complexity index is 649. The van der Waals surface area contributed by atoms with Gasteiger partial charge in [0, 0.05) is 6.20 Å². The number of aliphatic imine (C=N–C) groups is 1. The molecule has 1 N–H and O–H groups in total. The van der Waals surface area contributed by atoms with Gasteiger partial charge in [-0.2, -0.15) is 10.2 Å². The lowest BCUT2D eigenvalue weighted by atomic mass is 10.1. The Morgan fingerprint density at radius 1 is 1.67 bits per heavy atom. The second-order valence-electron chi connectivity index (χ2n) is 4.67. The number of hydrogen-bond donors (Lipinski definition) is 1. The molecule has 0 fully saturated rings. The van der Waals surface area contributed by atoms with Crippen LogP contribution in [-0.2, 0) is 0 Å². The van der Waals surface area contributed by atoms with Crippen LogP contribution in [-0.4, -0.2) is 32.7 Å². The number of ether oxygens (including phenoxy) is 1. The van der Waals surface area contributed by atoms with Gasteiger partial charge in [0.2, 0.25) is 0 Å². The maximum Gasteiger partial charge on any atom is 0.316 e. The summed E-state index contributed by atoms with van der Waals surface area (Å²) in [5.74, 6) is -0.539. The fourth-order valence-corrected chi connectivity index (χ4v) is 2.70. The Morgan fingerprint density at radius 2 is 2.43 bits per heavy atom. The third kappa shape index (κ3) is 3.67. The van der Waals surface area contributed by atoms with Gasteiger partial charge in [0.05, 0.1) is 17.5 Å². The molecule has 0 spiro atoms. The number of nitriles is 1. The van der Waals surface area contributed by atoms with Crippen LogP contribution in [0.1, 0.15) is 25.5 Å². The van der Waals surface area contributed by atoms with Gasteiger partial charge in [-0.05, 0) is 25.5 Å². The van der Waals surface area contributed by atoms with Gasteiger partial charge in [0.25, 0.3) is 0 Å². The summed E-state index contributed by atoms with van der Waals surface area (Å²) in [7, 11) is 0. The Hall–Kier alpha value is -2.20. The topological polar surface area (TPSA) is 95.0 Å². The average Bonchev–Trinajstić information content (AvgIpc) is 2.77. The van der Waals surface area contributed by atoms with Crippen molar-refractivity contribution < 1.29 is 4.74 Å². The molecule has 1 aromatic heterocycles. The van der Waals surface area contributed by atoms with E-state index in [1.165, 1.54) is 11.8 Å². The summed E-state index contributed by atoms with van der Waals surface area (Å²) >= 11 is 1.27. The largest absolute Gasteiger partial charge is 0.459 e. The SMILES string of the molecule is C=C(C)COc1nccc(C(C#N)C2N=C(C)C(=N)S2)n1. The van der Waals surface area contributed by atoms with Gasteiger partial charge in [0.15, 0.2) is 0 Å². The molecule has 0 radical (unpaired) electrons. The minimum Gasteiger partial charge on any atom is -0.459 e. The van der Waals surface area contributed by atoms with E-state index in [9.17, 15) is 5.26 Å².